The maximum Gasteiger partial charge on any atom is 0.119 e. The van der Waals surface area contributed by atoms with Gasteiger partial charge in [-0.3, -0.25) is 11.3 Å². The number of methoxy groups -OCH3 is 1. The number of hydrazine groups is 1. The summed E-state index contributed by atoms with van der Waals surface area (Å²) in [5, 5.41) is 0. The molecule has 0 saturated heterocycles. The number of hydrogen-bond acceptors (Lipinski definition) is 3. The zero-order valence-electron chi connectivity index (χ0n) is 12.8. The van der Waals surface area contributed by atoms with Crippen LogP contribution in [-0.2, 0) is 12.8 Å². The fourth-order valence-corrected chi connectivity index (χ4v) is 2.56. The van der Waals surface area contributed by atoms with Crippen molar-refractivity contribution < 1.29 is 4.74 Å². The van der Waals surface area contributed by atoms with Crippen molar-refractivity contribution in [2.24, 2.45) is 5.84 Å². The van der Waals surface area contributed by atoms with E-state index < -0.39 is 0 Å². The molecule has 0 aliphatic heterocycles. The molecule has 112 valence electrons. The predicted molar refractivity (Wildman–Crippen MR) is 87.2 cm³/mol. The van der Waals surface area contributed by atoms with Crippen molar-refractivity contribution in [3.05, 3.63) is 65.2 Å². The van der Waals surface area contributed by atoms with Gasteiger partial charge in [0, 0.05) is 6.04 Å². The molecule has 0 aliphatic rings. The van der Waals surface area contributed by atoms with Crippen LogP contribution in [-0.4, -0.2) is 7.11 Å². The van der Waals surface area contributed by atoms with Crippen LogP contribution in [0.1, 0.15) is 36.1 Å². The monoisotopic (exact) mass is 284 g/mol. The van der Waals surface area contributed by atoms with Gasteiger partial charge in [-0.15, -0.1) is 0 Å². The number of ether oxygens (including phenoxy) is 1. The molecule has 2 aromatic rings. The van der Waals surface area contributed by atoms with Crippen LogP contribution in [0.25, 0.3) is 0 Å². The molecule has 3 nitrogen and oxygen atoms in total. The van der Waals surface area contributed by atoms with Crippen LogP contribution in [0, 0.1) is 0 Å². The van der Waals surface area contributed by atoms with E-state index in [4.69, 9.17) is 10.6 Å². The van der Waals surface area contributed by atoms with E-state index in [1.807, 2.05) is 12.1 Å². The van der Waals surface area contributed by atoms with Crippen molar-refractivity contribution in [3.8, 4) is 5.75 Å². The Morgan fingerprint density at radius 2 is 1.86 bits per heavy atom. The largest absolute Gasteiger partial charge is 0.497 e. The van der Waals surface area contributed by atoms with Gasteiger partial charge in [-0.1, -0.05) is 49.7 Å². The number of nitrogens with two attached hydrogens (primary N) is 1. The van der Waals surface area contributed by atoms with E-state index in [-0.39, 0.29) is 6.04 Å². The van der Waals surface area contributed by atoms with E-state index in [2.05, 4.69) is 48.7 Å². The van der Waals surface area contributed by atoms with Gasteiger partial charge >= 0.3 is 0 Å². The summed E-state index contributed by atoms with van der Waals surface area (Å²) in [5.41, 5.74) is 6.73. The lowest BCUT2D eigenvalue weighted by molar-refractivity contribution is 0.414. The highest BCUT2D eigenvalue weighted by molar-refractivity contribution is 5.32. The lowest BCUT2D eigenvalue weighted by Crippen LogP contribution is -2.29. The smallest absolute Gasteiger partial charge is 0.119 e. The molecule has 1 unspecified atom stereocenters. The Morgan fingerprint density at radius 1 is 1.10 bits per heavy atom. The molecule has 0 saturated carbocycles. The van der Waals surface area contributed by atoms with Gasteiger partial charge in [-0.25, -0.2) is 0 Å². The summed E-state index contributed by atoms with van der Waals surface area (Å²) in [7, 11) is 1.69. The van der Waals surface area contributed by atoms with E-state index in [1.165, 1.54) is 16.7 Å². The first-order valence-electron chi connectivity index (χ1n) is 7.44. The lowest BCUT2D eigenvalue weighted by Gasteiger charge is -2.18. The summed E-state index contributed by atoms with van der Waals surface area (Å²) < 4.78 is 5.28. The number of nitrogens with one attached hydrogen (secondary N) is 1. The SMILES string of the molecule is CCCc1cccc(C(Cc2cccc(OC)c2)NN)c1. The number of rotatable bonds is 7. The van der Waals surface area contributed by atoms with Gasteiger partial charge in [-0.05, 0) is 41.7 Å². The minimum Gasteiger partial charge on any atom is -0.497 e. The van der Waals surface area contributed by atoms with E-state index in [9.17, 15) is 0 Å². The Morgan fingerprint density at radius 3 is 2.57 bits per heavy atom. The predicted octanol–water partition coefficient (Wildman–Crippen LogP) is 3.39. The minimum atomic E-state index is 0.105. The summed E-state index contributed by atoms with van der Waals surface area (Å²) in [6, 6.07) is 16.9. The summed E-state index contributed by atoms with van der Waals surface area (Å²) in [6.45, 7) is 2.20. The molecule has 0 aliphatic carbocycles. The molecule has 0 heterocycles. The highest BCUT2D eigenvalue weighted by Crippen LogP contribution is 2.22. The summed E-state index contributed by atoms with van der Waals surface area (Å²) >= 11 is 0. The summed E-state index contributed by atoms with van der Waals surface area (Å²) in [5.74, 6) is 6.64. The van der Waals surface area contributed by atoms with Crippen LogP contribution < -0.4 is 16.0 Å². The van der Waals surface area contributed by atoms with Crippen LogP contribution >= 0.6 is 0 Å². The maximum absolute atomic E-state index is 5.77. The molecule has 0 fully saturated rings. The van der Waals surface area contributed by atoms with Gasteiger partial charge < -0.3 is 4.74 Å². The topological polar surface area (TPSA) is 47.3 Å². The number of hydrogen-bond donors (Lipinski definition) is 2. The highest BCUT2D eigenvalue weighted by atomic mass is 16.5. The van der Waals surface area contributed by atoms with E-state index in [0.29, 0.717) is 0 Å². The average molecular weight is 284 g/mol. The van der Waals surface area contributed by atoms with Gasteiger partial charge in [-0.2, -0.15) is 0 Å². The molecular formula is C18H24N2O. The van der Waals surface area contributed by atoms with E-state index in [1.54, 1.807) is 7.11 Å². The molecule has 3 N–H and O–H groups in total. The van der Waals surface area contributed by atoms with Crippen molar-refractivity contribution in [1.82, 2.24) is 5.43 Å². The number of benzene rings is 2. The zero-order chi connectivity index (χ0) is 15.1. The van der Waals surface area contributed by atoms with Crippen LogP contribution in [0.5, 0.6) is 5.75 Å². The second-order valence-electron chi connectivity index (χ2n) is 5.27. The fourth-order valence-electron chi connectivity index (χ4n) is 2.56. The Labute approximate surface area is 127 Å². The molecule has 2 rings (SSSR count). The summed E-state index contributed by atoms with van der Waals surface area (Å²) in [4.78, 5) is 0. The normalized spacial score (nSPS) is 12.1. The third kappa shape index (κ3) is 4.31. The Hall–Kier alpha value is -1.84. The van der Waals surface area contributed by atoms with Crippen LogP contribution in [0.4, 0.5) is 0 Å². The zero-order valence-corrected chi connectivity index (χ0v) is 12.8. The van der Waals surface area contributed by atoms with Crippen molar-refractivity contribution >= 4 is 0 Å². The first kappa shape index (κ1) is 15.5. The number of aryl methyl sites for hydroxylation is 1. The van der Waals surface area contributed by atoms with Gasteiger partial charge in [0.05, 0.1) is 7.11 Å². The Kier molecular flexibility index (Phi) is 5.78. The molecule has 21 heavy (non-hydrogen) atoms. The van der Waals surface area contributed by atoms with Gasteiger partial charge in [0.15, 0.2) is 0 Å². The van der Waals surface area contributed by atoms with Gasteiger partial charge in [0.2, 0.25) is 0 Å². The third-order valence-corrected chi connectivity index (χ3v) is 3.67. The van der Waals surface area contributed by atoms with Crippen molar-refractivity contribution in [3.63, 3.8) is 0 Å². The third-order valence-electron chi connectivity index (χ3n) is 3.67. The molecule has 0 radical (unpaired) electrons. The lowest BCUT2D eigenvalue weighted by atomic mass is 9.97. The molecule has 2 aromatic carbocycles. The minimum absolute atomic E-state index is 0.105. The van der Waals surface area contributed by atoms with Crippen molar-refractivity contribution in [2.45, 2.75) is 32.2 Å². The second-order valence-corrected chi connectivity index (χ2v) is 5.27. The average Bonchev–Trinajstić information content (AvgIpc) is 2.53. The standard InChI is InChI=1S/C18H24N2O/c1-3-6-14-7-4-9-16(11-14)18(20-19)13-15-8-5-10-17(12-15)21-2/h4-5,7-12,18,20H,3,6,13,19H2,1-2H3. The molecule has 0 aromatic heterocycles. The van der Waals surface area contributed by atoms with Crippen molar-refractivity contribution in [1.29, 1.82) is 0 Å². The van der Waals surface area contributed by atoms with Crippen LogP contribution in [0.15, 0.2) is 48.5 Å². The highest BCUT2D eigenvalue weighted by Gasteiger charge is 2.11. The molecule has 3 heteroatoms. The van der Waals surface area contributed by atoms with E-state index >= 15 is 0 Å². The molecular weight excluding hydrogens is 260 g/mol. The molecule has 0 amide bonds. The molecule has 0 spiro atoms. The molecule has 0 bridgehead atoms. The van der Waals surface area contributed by atoms with Gasteiger partial charge in [0.25, 0.3) is 0 Å². The van der Waals surface area contributed by atoms with Crippen molar-refractivity contribution in [2.75, 3.05) is 7.11 Å². The quantitative estimate of drug-likeness (QED) is 0.605. The maximum atomic E-state index is 5.77. The second kappa shape index (κ2) is 7.81. The van der Waals surface area contributed by atoms with Crippen LogP contribution in [0.3, 0.4) is 0 Å². The first-order valence-corrected chi connectivity index (χ1v) is 7.44. The summed E-state index contributed by atoms with van der Waals surface area (Å²) in [6.07, 6.45) is 3.09. The van der Waals surface area contributed by atoms with E-state index in [0.717, 1.165) is 25.0 Å². The fraction of sp³-hybridized carbons (Fsp3) is 0.333. The molecule has 1 atom stereocenters. The van der Waals surface area contributed by atoms with Gasteiger partial charge in [0.1, 0.15) is 5.75 Å². The Bertz CT molecular complexity index is 569. The first-order chi connectivity index (χ1) is 10.3. The van der Waals surface area contributed by atoms with Crippen LogP contribution in [0.2, 0.25) is 0 Å². The Balaban J connectivity index is 2.17.